The first kappa shape index (κ1) is 28.5. The van der Waals surface area contributed by atoms with E-state index in [0.717, 1.165) is 52.8 Å². The minimum atomic E-state index is -4.16. The van der Waals surface area contributed by atoms with E-state index in [0.29, 0.717) is 0 Å². The van der Waals surface area contributed by atoms with Gasteiger partial charge in [-0.15, -0.1) is 0 Å². The second kappa shape index (κ2) is 12.5. The van der Waals surface area contributed by atoms with Crippen molar-refractivity contribution in [3.63, 3.8) is 0 Å². The lowest BCUT2D eigenvalue weighted by Gasteiger charge is -2.34. The van der Waals surface area contributed by atoms with Gasteiger partial charge in [0, 0.05) is 32.2 Å². The fourth-order valence-corrected chi connectivity index (χ4v) is 5.34. The molecule has 0 radical (unpaired) electrons. The van der Waals surface area contributed by atoms with Crippen molar-refractivity contribution in [3.05, 3.63) is 65.7 Å². The number of carbonyl (C=O) groups excluding carboxylic acids is 2. The van der Waals surface area contributed by atoms with Crippen LogP contribution in [0, 0.1) is 11.6 Å². The molecule has 11 heteroatoms. The summed E-state index contributed by atoms with van der Waals surface area (Å²) in [5, 5.41) is 2.99. The molecule has 2 aromatic rings. The molecule has 2 aromatic carbocycles. The van der Waals surface area contributed by atoms with Crippen LogP contribution in [0.4, 0.5) is 14.5 Å². The normalized spacial score (nSPS) is 15.3. The standard InChI is InChI=1S/C26H34F2N4O4S/c1-19(26(34)29-22-10-5-4-6-11-22)31(17-20-9-7-8-12-24(20)28)25(33)18-32(37(35,36)30(2)3)23-15-13-21(27)14-16-23/h7-9,12-16,19,22H,4-6,10-11,17-18H2,1-3H3,(H,29,34). The van der Waals surface area contributed by atoms with Gasteiger partial charge in [0.15, 0.2) is 0 Å². The molecule has 0 aromatic heterocycles. The van der Waals surface area contributed by atoms with Crippen molar-refractivity contribution < 1.29 is 26.8 Å². The lowest BCUT2D eigenvalue weighted by Crippen LogP contribution is -2.53. The van der Waals surface area contributed by atoms with Crippen molar-refractivity contribution in [2.45, 2.75) is 57.7 Å². The Balaban J connectivity index is 1.92. The lowest BCUT2D eigenvalue weighted by molar-refractivity contribution is -0.139. The molecule has 3 rings (SSSR count). The summed E-state index contributed by atoms with van der Waals surface area (Å²) in [6.45, 7) is 0.644. The SMILES string of the molecule is CC(C(=O)NC1CCCCC1)N(Cc1ccccc1F)C(=O)CN(c1ccc(F)cc1)S(=O)(=O)N(C)C. The Kier molecular flexibility index (Phi) is 9.61. The zero-order chi connectivity index (χ0) is 27.2. The molecule has 202 valence electrons. The Labute approximate surface area is 217 Å². The van der Waals surface area contributed by atoms with Crippen molar-refractivity contribution in [1.82, 2.24) is 14.5 Å². The molecule has 1 aliphatic carbocycles. The quantitative estimate of drug-likeness (QED) is 0.504. The molecule has 1 aliphatic rings. The third kappa shape index (κ3) is 7.26. The van der Waals surface area contributed by atoms with Crippen LogP contribution in [-0.4, -0.2) is 62.2 Å². The number of hydrogen-bond acceptors (Lipinski definition) is 4. The van der Waals surface area contributed by atoms with Gasteiger partial charge >= 0.3 is 10.2 Å². The number of benzene rings is 2. The third-order valence-corrected chi connectivity index (χ3v) is 8.37. The zero-order valence-corrected chi connectivity index (χ0v) is 22.2. The third-order valence-electron chi connectivity index (χ3n) is 6.55. The minimum Gasteiger partial charge on any atom is -0.352 e. The van der Waals surface area contributed by atoms with Crippen LogP contribution in [0.25, 0.3) is 0 Å². The monoisotopic (exact) mass is 536 g/mol. The van der Waals surface area contributed by atoms with Gasteiger partial charge in [0.05, 0.1) is 5.69 Å². The molecule has 0 heterocycles. The molecule has 1 unspecified atom stereocenters. The fraction of sp³-hybridized carbons (Fsp3) is 0.462. The maximum atomic E-state index is 14.5. The van der Waals surface area contributed by atoms with Gasteiger partial charge in [-0.25, -0.2) is 13.1 Å². The number of halogens is 2. The molecule has 1 atom stereocenters. The van der Waals surface area contributed by atoms with Gasteiger partial charge in [-0.3, -0.25) is 9.59 Å². The Hall–Kier alpha value is -3.05. The van der Waals surface area contributed by atoms with E-state index >= 15 is 0 Å². The number of rotatable bonds is 10. The van der Waals surface area contributed by atoms with Crippen molar-refractivity contribution in [3.8, 4) is 0 Å². The highest BCUT2D eigenvalue weighted by atomic mass is 32.2. The van der Waals surface area contributed by atoms with Crippen LogP contribution in [0.5, 0.6) is 0 Å². The van der Waals surface area contributed by atoms with Crippen LogP contribution in [-0.2, 0) is 26.3 Å². The summed E-state index contributed by atoms with van der Waals surface area (Å²) in [6, 6.07) is 9.60. The summed E-state index contributed by atoms with van der Waals surface area (Å²) < 4.78 is 56.0. The number of nitrogens with one attached hydrogen (secondary N) is 1. The number of nitrogens with zero attached hydrogens (tertiary/aromatic N) is 3. The van der Waals surface area contributed by atoms with Crippen LogP contribution in [0.3, 0.4) is 0 Å². The predicted molar refractivity (Wildman–Crippen MR) is 138 cm³/mol. The first-order valence-electron chi connectivity index (χ1n) is 12.3. The van der Waals surface area contributed by atoms with Gasteiger partial charge < -0.3 is 10.2 Å². The second-order valence-corrected chi connectivity index (χ2v) is 11.5. The molecule has 8 nitrogen and oxygen atoms in total. The smallest absolute Gasteiger partial charge is 0.304 e. The summed E-state index contributed by atoms with van der Waals surface area (Å²) >= 11 is 0. The maximum absolute atomic E-state index is 14.5. The van der Waals surface area contributed by atoms with Crippen molar-refractivity contribution in [1.29, 1.82) is 0 Å². The summed E-state index contributed by atoms with van der Waals surface area (Å²) in [5.41, 5.74) is 0.269. The molecule has 0 spiro atoms. The number of amides is 2. The molecule has 0 bridgehead atoms. The highest BCUT2D eigenvalue weighted by Gasteiger charge is 2.33. The van der Waals surface area contributed by atoms with Gasteiger partial charge in [-0.2, -0.15) is 12.7 Å². The highest BCUT2D eigenvalue weighted by Crippen LogP contribution is 2.22. The lowest BCUT2D eigenvalue weighted by atomic mass is 9.95. The van der Waals surface area contributed by atoms with Gasteiger partial charge in [0.2, 0.25) is 11.8 Å². The van der Waals surface area contributed by atoms with Crippen LogP contribution in [0.15, 0.2) is 48.5 Å². The molecule has 0 saturated heterocycles. The van der Waals surface area contributed by atoms with Gasteiger partial charge in [0.25, 0.3) is 0 Å². The van der Waals surface area contributed by atoms with E-state index in [9.17, 15) is 26.8 Å². The predicted octanol–water partition coefficient (Wildman–Crippen LogP) is 3.44. The van der Waals surface area contributed by atoms with Crippen molar-refractivity contribution in [2.24, 2.45) is 0 Å². The first-order valence-corrected chi connectivity index (χ1v) is 13.7. The molecule has 1 N–H and O–H groups in total. The highest BCUT2D eigenvalue weighted by molar-refractivity contribution is 7.90. The molecular weight excluding hydrogens is 502 g/mol. The topological polar surface area (TPSA) is 90.0 Å². The van der Waals surface area contributed by atoms with Crippen LogP contribution >= 0.6 is 0 Å². The molecular formula is C26H34F2N4O4S. The zero-order valence-electron chi connectivity index (χ0n) is 21.4. The average molecular weight is 537 g/mol. The number of carbonyl (C=O) groups is 2. The van der Waals surface area contributed by atoms with Gasteiger partial charge in [0.1, 0.15) is 24.2 Å². The van der Waals surface area contributed by atoms with E-state index in [4.69, 9.17) is 0 Å². The number of anilines is 1. The molecule has 1 saturated carbocycles. The van der Waals surface area contributed by atoms with E-state index in [-0.39, 0.29) is 29.7 Å². The Morgan fingerprint density at radius 3 is 2.22 bits per heavy atom. The van der Waals surface area contributed by atoms with E-state index in [1.165, 1.54) is 49.3 Å². The van der Waals surface area contributed by atoms with Crippen molar-refractivity contribution in [2.75, 3.05) is 24.9 Å². The van der Waals surface area contributed by atoms with Crippen LogP contribution in [0.1, 0.15) is 44.6 Å². The average Bonchev–Trinajstić information content (AvgIpc) is 2.87. The number of hydrogen-bond donors (Lipinski definition) is 1. The Morgan fingerprint density at radius 1 is 1.00 bits per heavy atom. The maximum Gasteiger partial charge on any atom is 0.304 e. The summed E-state index contributed by atoms with van der Waals surface area (Å²) in [6.07, 6.45) is 4.82. The van der Waals surface area contributed by atoms with Gasteiger partial charge in [-0.1, -0.05) is 37.5 Å². The summed E-state index contributed by atoms with van der Waals surface area (Å²) in [7, 11) is -1.53. The molecule has 37 heavy (non-hydrogen) atoms. The summed E-state index contributed by atoms with van der Waals surface area (Å²) in [5.74, 6) is -2.20. The fourth-order valence-electron chi connectivity index (χ4n) is 4.29. The van der Waals surface area contributed by atoms with E-state index < -0.39 is 40.3 Å². The molecule has 0 aliphatic heterocycles. The molecule has 1 fully saturated rings. The van der Waals surface area contributed by atoms with Crippen molar-refractivity contribution >= 4 is 27.7 Å². The van der Waals surface area contributed by atoms with Gasteiger partial charge in [-0.05, 0) is 50.1 Å². The van der Waals surface area contributed by atoms with E-state index in [2.05, 4.69) is 5.32 Å². The van der Waals surface area contributed by atoms with E-state index in [1.807, 2.05) is 0 Å². The second-order valence-electron chi connectivity index (χ2n) is 9.41. The largest absolute Gasteiger partial charge is 0.352 e. The Bertz CT molecular complexity index is 1190. The minimum absolute atomic E-state index is 0.000976. The molecule has 2 amide bonds. The van der Waals surface area contributed by atoms with Crippen LogP contribution < -0.4 is 9.62 Å². The first-order chi connectivity index (χ1) is 17.5. The van der Waals surface area contributed by atoms with Crippen LogP contribution in [0.2, 0.25) is 0 Å². The Morgan fingerprint density at radius 2 is 1.62 bits per heavy atom. The van der Waals surface area contributed by atoms with E-state index in [1.54, 1.807) is 13.0 Å². The summed E-state index contributed by atoms with van der Waals surface area (Å²) in [4.78, 5) is 28.0.